The molecule has 4 N–H and O–H groups in total. The molecular weight excluding hydrogens is 290 g/mol. The maximum Gasteiger partial charge on any atom is 0.240 e. The second-order valence-electron chi connectivity index (χ2n) is 5.32. The van der Waals surface area contributed by atoms with E-state index in [0.717, 1.165) is 19.3 Å². The Morgan fingerprint density at radius 2 is 1.90 bits per heavy atom. The Hall–Kier alpha value is -1.44. The van der Waals surface area contributed by atoms with Crippen LogP contribution in [-0.4, -0.2) is 27.4 Å². The predicted octanol–water partition coefficient (Wildman–Crippen LogP) is 1.05. The monoisotopic (exact) mass is 311 g/mol. The molecule has 1 saturated carbocycles. The quantitative estimate of drug-likeness (QED) is 0.731. The normalized spacial score (nSPS) is 17.0. The van der Waals surface area contributed by atoms with Gasteiger partial charge in [0, 0.05) is 18.8 Å². The van der Waals surface area contributed by atoms with Crippen LogP contribution in [0.25, 0.3) is 0 Å². The Balaban J connectivity index is 2.08. The van der Waals surface area contributed by atoms with Gasteiger partial charge in [-0.1, -0.05) is 13.3 Å². The zero-order valence-corrected chi connectivity index (χ0v) is 12.9. The standard InChI is InChI=1S/C14H21N3O3S/c1-2-16-21(19,20)12-6-4-11(5-7-12)17-13(18)14(10-15)8-3-9-14/h4-7,16H,2-3,8-10,15H2,1H3,(H,17,18). The lowest BCUT2D eigenvalue weighted by Crippen LogP contribution is -2.47. The first-order valence-electron chi connectivity index (χ1n) is 7.05. The molecule has 0 aliphatic heterocycles. The summed E-state index contributed by atoms with van der Waals surface area (Å²) >= 11 is 0. The fourth-order valence-corrected chi connectivity index (χ4v) is 3.42. The third-order valence-electron chi connectivity index (χ3n) is 3.94. The number of carbonyl (C=O) groups excluding carboxylic acids is 1. The molecule has 0 saturated heterocycles. The van der Waals surface area contributed by atoms with Crippen molar-refractivity contribution in [2.24, 2.45) is 11.1 Å². The van der Waals surface area contributed by atoms with E-state index in [4.69, 9.17) is 5.73 Å². The van der Waals surface area contributed by atoms with Crippen LogP contribution < -0.4 is 15.8 Å². The Morgan fingerprint density at radius 1 is 1.29 bits per heavy atom. The van der Waals surface area contributed by atoms with Gasteiger partial charge in [-0.25, -0.2) is 13.1 Å². The third-order valence-corrected chi connectivity index (χ3v) is 5.50. The van der Waals surface area contributed by atoms with Crippen LogP contribution in [0.5, 0.6) is 0 Å². The molecule has 7 heteroatoms. The first-order chi connectivity index (χ1) is 9.93. The van der Waals surface area contributed by atoms with Crippen LogP contribution in [-0.2, 0) is 14.8 Å². The SMILES string of the molecule is CCNS(=O)(=O)c1ccc(NC(=O)C2(CN)CCC2)cc1. The van der Waals surface area contributed by atoms with E-state index in [2.05, 4.69) is 10.0 Å². The molecule has 1 amide bonds. The van der Waals surface area contributed by atoms with E-state index in [1.807, 2.05) is 0 Å². The molecule has 1 aromatic rings. The molecule has 21 heavy (non-hydrogen) atoms. The lowest BCUT2D eigenvalue weighted by atomic mass is 9.68. The molecule has 0 aromatic heterocycles. The second kappa shape index (κ2) is 6.13. The maximum absolute atomic E-state index is 12.2. The van der Waals surface area contributed by atoms with Crippen molar-refractivity contribution in [3.8, 4) is 0 Å². The minimum absolute atomic E-state index is 0.0847. The van der Waals surface area contributed by atoms with Crippen LogP contribution in [0.15, 0.2) is 29.2 Å². The van der Waals surface area contributed by atoms with Crippen molar-refractivity contribution in [3.05, 3.63) is 24.3 Å². The second-order valence-corrected chi connectivity index (χ2v) is 7.08. The summed E-state index contributed by atoms with van der Waals surface area (Å²) in [5.74, 6) is -0.0847. The summed E-state index contributed by atoms with van der Waals surface area (Å²) < 4.78 is 26.0. The van der Waals surface area contributed by atoms with Gasteiger partial charge in [0.25, 0.3) is 0 Å². The first-order valence-corrected chi connectivity index (χ1v) is 8.53. The van der Waals surface area contributed by atoms with Gasteiger partial charge in [-0.2, -0.15) is 0 Å². The number of nitrogens with one attached hydrogen (secondary N) is 2. The van der Waals surface area contributed by atoms with Crippen LogP contribution in [0.1, 0.15) is 26.2 Å². The zero-order chi connectivity index (χ0) is 15.5. The number of nitrogens with two attached hydrogens (primary N) is 1. The zero-order valence-electron chi connectivity index (χ0n) is 12.1. The molecule has 0 unspecified atom stereocenters. The molecule has 0 bridgehead atoms. The van der Waals surface area contributed by atoms with Crippen LogP contribution in [0.3, 0.4) is 0 Å². The molecule has 0 heterocycles. The highest BCUT2D eigenvalue weighted by atomic mass is 32.2. The molecule has 6 nitrogen and oxygen atoms in total. The summed E-state index contributed by atoms with van der Waals surface area (Å²) in [6.07, 6.45) is 2.63. The molecular formula is C14H21N3O3S. The Labute approximate surface area is 125 Å². The van der Waals surface area contributed by atoms with Gasteiger partial charge in [0.2, 0.25) is 15.9 Å². The smallest absolute Gasteiger partial charge is 0.240 e. The van der Waals surface area contributed by atoms with E-state index in [0.29, 0.717) is 18.8 Å². The van der Waals surface area contributed by atoms with Gasteiger partial charge in [-0.15, -0.1) is 0 Å². The highest BCUT2D eigenvalue weighted by Crippen LogP contribution is 2.40. The van der Waals surface area contributed by atoms with E-state index >= 15 is 0 Å². The van der Waals surface area contributed by atoms with Gasteiger partial charge in [0.15, 0.2) is 0 Å². The molecule has 0 spiro atoms. The molecule has 1 aromatic carbocycles. The molecule has 0 atom stereocenters. The van der Waals surface area contributed by atoms with E-state index < -0.39 is 15.4 Å². The molecule has 116 valence electrons. The highest BCUT2D eigenvalue weighted by molar-refractivity contribution is 7.89. The summed E-state index contributed by atoms with van der Waals surface area (Å²) in [6.45, 7) is 2.39. The summed E-state index contributed by atoms with van der Waals surface area (Å²) in [6, 6.07) is 6.13. The van der Waals surface area contributed by atoms with E-state index in [1.165, 1.54) is 12.1 Å². The van der Waals surface area contributed by atoms with Crippen LogP contribution >= 0.6 is 0 Å². The van der Waals surface area contributed by atoms with Crippen LogP contribution in [0.4, 0.5) is 5.69 Å². The summed E-state index contributed by atoms with van der Waals surface area (Å²) in [5, 5.41) is 2.81. The first kappa shape index (κ1) is 15.9. The van der Waals surface area contributed by atoms with E-state index in [9.17, 15) is 13.2 Å². The van der Waals surface area contributed by atoms with Crippen molar-refractivity contribution < 1.29 is 13.2 Å². The number of amides is 1. The Morgan fingerprint density at radius 3 is 2.33 bits per heavy atom. The fraction of sp³-hybridized carbons (Fsp3) is 0.500. The van der Waals surface area contributed by atoms with Crippen molar-refractivity contribution in [2.75, 3.05) is 18.4 Å². The van der Waals surface area contributed by atoms with Crippen molar-refractivity contribution in [2.45, 2.75) is 31.1 Å². The molecule has 1 fully saturated rings. The number of benzene rings is 1. The topological polar surface area (TPSA) is 101 Å². The molecule has 2 rings (SSSR count). The van der Waals surface area contributed by atoms with Crippen molar-refractivity contribution in [1.29, 1.82) is 0 Å². The van der Waals surface area contributed by atoms with E-state index in [-0.39, 0.29) is 10.8 Å². The highest BCUT2D eigenvalue weighted by Gasteiger charge is 2.42. The predicted molar refractivity (Wildman–Crippen MR) is 81.3 cm³/mol. The molecule has 0 radical (unpaired) electrons. The van der Waals surface area contributed by atoms with Gasteiger partial charge in [0.05, 0.1) is 10.3 Å². The molecule has 1 aliphatic rings. The summed E-state index contributed by atoms with van der Waals surface area (Å²) in [4.78, 5) is 12.4. The maximum atomic E-state index is 12.2. The Bertz CT molecular complexity index is 601. The number of anilines is 1. The minimum atomic E-state index is -3.46. The third kappa shape index (κ3) is 3.25. The minimum Gasteiger partial charge on any atom is -0.329 e. The van der Waals surface area contributed by atoms with Crippen molar-refractivity contribution in [1.82, 2.24) is 4.72 Å². The number of sulfonamides is 1. The van der Waals surface area contributed by atoms with Gasteiger partial charge in [0.1, 0.15) is 0 Å². The van der Waals surface area contributed by atoms with Gasteiger partial charge >= 0.3 is 0 Å². The van der Waals surface area contributed by atoms with Crippen LogP contribution in [0, 0.1) is 5.41 Å². The Kier molecular flexibility index (Phi) is 4.65. The lowest BCUT2D eigenvalue weighted by Gasteiger charge is -2.39. The van der Waals surface area contributed by atoms with Gasteiger partial charge in [-0.05, 0) is 37.1 Å². The number of hydrogen-bond donors (Lipinski definition) is 3. The van der Waals surface area contributed by atoms with Crippen LogP contribution in [0.2, 0.25) is 0 Å². The van der Waals surface area contributed by atoms with Crippen molar-refractivity contribution >= 4 is 21.6 Å². The summed E-state index contributed by atoms with van der Waals surface area (Å²) in [7, 11) is -3.46. The number of carbonyl (C=O) groups is 1. The largest absolute Gasteiger partial charge is 0.329 e. The average molecular weight is 311 g/mol. The average Bonchev–Trinajstić information content (AvgIpc) is 2.38. The van der Waals surface area contributed by atoms with Gasteiger partial charge < -0.3 is 11.1 Å². The van der Waals surface area contributed by atoms with Gasteiger partial charge in [-0.3, -0.25) is 4.79 Å². The molecule has 1 aliphatic carbocycles. The number of rotatable bonds is 6. The summed E-state index contributed by atoms with van der Waals surface area (Å²) in [5.41, 5.74) is 5.82. The van der Waals surface area contributed by atoms with Crippen molar-refractivity contribution in [3.63, 3.8) is 0 Å². The number of hydrogen-bond acceptors (Lipinski definition) is 4. The fourth-order valence-electron chi connectivity index (χ4n) is 2.38. The van der Waals surface area contributed by atoms with E-state index in [1.54, 1.807) is 19.1 Å². The lowest BCUT2D eigenvalue weighted by molar-refractivity contribution is -0.129.